The minimum Gasteiger partial charge on any atom is -0.444 e. The van der Waals surface area contributed by atoms with Crippen molar-refractivity contribution >= 4 is 29.3 Å². The summed E-state index contributed by atoms with van der Waals surface area (Å²) in [5, 5.41) is 12.2. The van der Waals surface area contributed by atoms with Crippen molar-refractivity contribution in [2.75, 3.05) is 13.1 Å². The Labute approximate surface area is 178 Å². The highest BCUT2D eigenvalue weighted by atomic mass is 35.5. The number of nitrogens with zero attached hydrogens (tertiary/aromatic N) is 1. The Bertz CT molecular complexity index is 761. The Hall–Kier alpha value is -0.970. The number of ether oxygens (including phenoxy) is 1. The lowest BCUT2D eigenvalue weighted by atomic mass is 9.76. The SMILES string of the molecule is CC(C)CC(O)C12CN(C(=O)OC(C)(C)C)CCC1(c1ccc(Cl)c(Cl)c1)C2. The first kappa shape index (κ1) is 21.7. The van der Waals surface area contributed by atoms with E-state index in [1.54, 1.807) is 4.90 Å². The van der Waals surface area contributed by atoms with E-state index in [-0.39, 0.29) is 16.9 Å². The van der Waals surface area contributed by atoms with Gasteiger partial charge < -0.3 is 14.7 Å². The molecule has 156 valence electrons. The molecular formula is C22H31Cl2NO3. The van der Waals surface area contributed by atoms with Crippen LogP contribution in [0.2, 0.25) is 10.0 Å². The highest BCUT2D eigenvalue weighted by molar-refractivity contribution is 6.42. The second-order valence-corrected chi connectivity index (χ2v) is 10.7. The van der Waals surface area contributed by atoms with Gasteiger partial charge in [0.15, 0.2) is 0 Å². The number of rotatable bonds is 4. The lowest BCUT2D eigenvalue weighted by Gasteiger charge is -2.41. The molecule has 0 spiro atoms. The third-order valence-corrected chi connectivity index (χ3v) is 6.92. The Balaban J connectivity index is 1.91. The number of carbonyl (C=O) groups is 1. The molecule has 4 nitrogen and oxygen atoms in total. The average Bonchev–Trinajstić information content (AvgIpc) is 3.26. The second-order valence-electron chi connectivity index (χ2n) is 9.84. The molecule has 1 saturated heterocycles. The summed E-state index contributed by atoms with van der Waals surface area (Å²) in [4.78, 5) is 14.4. The van der Waals surface area contributed by atoms with Gasteiger partial charge in [-0.2, -0.15) is 0 Å². The standard InChI is InChI=1S/C22H31Cl2NO3/c1-14(2)10-18(26)22-12-21(22,15-6-7-16(23)17(24)11-15)8-9-25(13-22)19(27)28-20(3,4)5/h6-7,11,14,18,26H,8-10,12-13H2,1-5H3. The molecule has 6 heteroatoms. The van der Waals surface area contributed by atoms with Crippen LogP contribution in [0.1, 0.15) is 59.4 Å². The van der Waals surface area contributed by atoms with Crippen molar-refractivity contribution < 1.29 is 14.6 Å². The highest BCUT2D eigenvalue weighted by Crippen LogP contribution is 2.71. The van der Waals surface area contributed by atoms with Gasteiger partial charge in [-0.15, -0.1) is 0 Å². The molecule has 3 atom stereocenters. The molecule has 2 fully saturated rings. The molecule has 1 aromatic carbocycles. The summed E-state index contributed by atoms with van der Waals surface area (Å²) in [6.07, 6.45) is 1.51. The Kier molecular flexibility index (Phi) is 5.72. The van der Waals surface area contributed by atoms with E-state index in [9.17, 15) is 9.90 Å². The van der Waals surface area contributed by atoms with E-state index in [0.717, 1.165) is 18.4 Å². The van der Waals surface area contributed by atoms with Gasteiger partial charge in [0.1, 0.15) is 5.60 Å². The van der Waals surface area contributed by atoms with E-state index in [0.29, 0.717) is 35.5 Å². The number of likely N-dealkylation sites (tertiary alicyclic amines) is 1. The molecule has 1 aliphatic heterocycles. The average molecular weight is 428 g/mol. The Morgan fingerprint density at radius 3 is 2.54 bits per heavy atom. The number of aliphatic hydroxyl groups excluding tert-OH is 1. The number of amides is 1. The van der Waals surface area contributed by atoms with E-state index in [4.69, 9.17) is 27.9 Å². The van der Waals surface area contributed by atoms with Crippen LogP contribution in [-0.2, 0) is 10.2 Å². The molecule has 28 heavy (non-hydrogen) atoms. The zero-order valence-corrected chi connectivity index (χ0v) is 18.9. The van der Waals surface area contributed by atoms with Crippen molar-refractivity contribution in [3.05, 3.63) is 33.8 Å². The van der Waals surface area contributed by atoms with E-state index in [1.807, 2.05) is 39.0 Å². The largest absolute Gasteiger partial charge is 0.444 e. The predicted molar refractivity (Wildman–Crippen MR) is 113 cm³/mol. The molecule has 3 rings (SSSR count). The number of carbonyl (C=O) groups excluding carboxylic acids is 1. The minimum atomic E-state index is -0.539. The quantitative estimate of drug-likeness (QED) is 0.672. The van der Waals surface area contributed by atoms with Crippen molar-refractivity contribution in [3.8, 4) is 0 Å². The van der Waals surface area contributed by atoms with Crippen LogP contribution in [0.3, 0.4) is 0 Å². The molecule has 0 aromatic heterocycles. The lowest BCUT2D eigenvalue weighted by Crippen LogP contribution is -2.50. The first-order valence-electron chi connectivity index (χ1n) is 10.0. The van der Waals surface area contributed by atoms with Crippen LogP contribution in [0.5, 0.6) is 0 Å². The fourth-order valence-electron chi connectivity index (χ4n) is 4.81. The maximum atomic E-state index is 12.7. The maximum Gasteiger partial charge on any atom is 0.410 e. The third kappa shape index (κ3) is 3.88. The topological polar surface area (TPSA) is 49.8 Å². The van der Waals surface area contributed by atoms with Crippen LogP contribution in [0.25, 0.3) is 0 Å². The van der Waals surface area contributed by atoms with Crippen LogP contribution in [-0.4, -0.2) is 40.9 Å². The number of halogens is 2. The molecule has 3 unspecified atom stereocenters. The van der Waals surface area contributed by atoms with Gasteiger partial charge in [-0.25, -0.2) is 4.79 Å². The first-order chi connectivity index (χ1) is 12.9. The molecule has 1 amide bonds. The van der Waals surface area contributed by atoms with Crippen LogP contribution in [0.4, 0.5) is 4.79 Å². The second kappa shape index (κ2) is 7.37. The third-order valence-electron chi connectivity index (χ3n) is 6.18. The number of hydrogen-bond donors (Lipinski definition) is 1. The molecule has 0 radical (unpaired) electrons. The number of piperidine rings is 1. The normalized spacial score (nSPS) is 28.1. The molecule has 1 N–H and O–H groups in total. The highest BCUT2D eigenvalue weighted by Gasteiger charge is 2.73. The smallest absolute Gasteiger partial charge is 0.410 e. The van der Waals surface area contributed by atoms with Crippen molar-refractivity contribution in [1.82, 2.24) is 4.90 Å². The summed E-state index contributed by atoms with van der Waals surface area (Å²) in [5.41, 5.74) is 0.0220. The minimum absolute atomic E-state index is 0.173. The number of fused-ring (bicyclic) bond motifs is 1. The predicted octanol–water partition coefficient (Wildman–Crippen LogP) is 5.67. The van der Waals surface area contributed by atoms with E-state index >= 15 is 0 Å². The molecule has 0 bridgehead atoms. The van der Waals surface area contributed by atoms with E-state index in [1.165, 1.54) is 0 Å². The molecular weight excluding hydrogens is 397 g/mol. The molecule has 1 aliphatic carbocycles. The summed E-state index contributed by atoms with van der Waals surface area (Å²) in [7, 11) is 0. The van der Waals surface area contributed by atoms with Gasteiger partial charge in [-0.3, -0.25) is 0 Å². The van der Waals surface area contributed by atoms with Gasteiger partial charge in [-0.1, -0.05) is 43.1 Å². The Morgan fingerprint density at radius 2 is 1.96 bits per heavy atom. The van der Waals surface area contributed by atoms with Crippen molar-refractivity contribution in [1.29, 1.82) is 0 Å². The van der Waals surface area contributed by atoms with Gasteiger partial charge in [-0.05, 0) is 63.6 Å². The number of hydrogen-bond acceptors (Lipinski definition) is 3. The Morgan fingerprint density at radius 1 is 1.29 bits per heavy atom. The summed E-state index contributed by atoms with van der Waals surface area (Å²) in [6, 6.07) is 5.77. The molecule has 1 aromatic rings. The van der Waals surface area contributed by atoms with Gasteiger partial charge in [0.25, 0.3) is 0 Å². The van der Waals surface area contributed by atoms with Gasteiger partial charge in [0.05, 0.1) is 16.1 Å². The van der Waals surface area contributed by atoms with Crippen LogP contribution >= 0.6 is 23.2 Å². The number of aliphatic hydroxyl groups is 1. The van der Waals surface area contributed by atoms with Crippen molar-refractivity contribution in [3.63, 3.8) is 0 Å². The van der Waals surface area contributed by atoms with Crippen LogP contribution in [0, 0.1) is 11.3 Å². The molecule has 1 saturated carbocycles. The van der Waals surface area contributed by atoms with E-state index in [2.05, 4.69) is 13.8 Å². The van der Waals surface area contributed by atoms with Crippen LogP contribution in [0.15, 0.2) is 18.2 Å². The van der Waals surface area contributed by atoms with E-state index < -0.39 is 11.7 Å². The zero-order chi connectivity index (χ0) is 20.9. The number of benzene rings is 1. The molecule has 2 aliphatic rings. The molecule has 1 heterocycles. The van der Waals surface area contributed by atoms with Gasteiger partial charge in [0, 0.05) is 23.9 Å². The zero-order valence-electron chi connectivity index (χ0n) is 17.4. The van der Waals surface area contributed by atoms with Gasteiger partial charge >= 0.3 is 6.09 Å². The summed E-state index contributed by atoms with van der Waals surface area (Å²) >= 11 is 12.4. The van der Waals surface area contributed by atoms with Crippen LogP contribution < -0.4 is 0 Å². The maximum absolute atomic E-state index is 12.7. The fourth-order valence-corrected chi connectivity index (χ4v) is 5.11. The monoisotopic (exact) mass is 427 g/mol. The van der Waals surface area contributed by atoms with Crippen molar-refractivity contribution in [2.24, 2.45) is 11.3 Å². The summed E-state index contributed by atoms with van der Waals surface area (Å²) in [5.74, 6) is 0.369. The van der Waals surface area contributed by atoms with Gasteiger partial charge in [0.2, 0.25) is 0 Å². The summed E-state index contributed by atoms with van der Waals surface area (Å²) in [6.45, 7) is 10.9. The fraction of sp³-hybridized carbons (Fsp3) is 0.682. The summed E-state index contributed by atoms with van der Waals surface area (Å²) < 4.78 is 5.59. The lowest BCUT2D eigenvalue weighted by molar-refractivity contribution is -0.0114. The van der Waals surface area contributed by atoms with Crippen molar-refractivity contribution in [2.45, 2.75) is 71.0 Å². The first-order valence-corrected chi connectivity index (χ1v) is 10.8.